The number of carbonyl (C=O) groups is 1. The van der Waals surface area contributed by atoms with Crippen molar-refractivity contribution in [2.24, 2.45) is 5.10 Å². The topological polar surface area (TPSA) is 86.6 Å². The molecule has 0 fully saturated rings. The average molecular weight is 414 g/mol. The number of hydrogen-bond acceptors (Lipinski definition) is 6. The van der Waals surface area contributed by atoms with E-state index in [0.717, 1.165) is 22.1 Å². The Morgan fingerprint density at radius 2 is 1.80 bits per heavy atom. The molecule has 0 aliphatic rings. The van der Waals surface area contributed by atoms with Gasteiger partial charge in [0.15, 0.2) is 5.13 Å². The second-order valence-corrected chi connectivity index (χ2v) is 7.26. The van der Waals surface area contributed by atoms with E-state index in [9.17, 15) is 9.90 Å². The first-order valence-electron chi connectivity index (χ1n) is 9.18. The van der Waals surface area contributed by atoms with Crippen molar-refractivity contribution in [2.75, 3.05) is 5.32 Å². The van der Waals surface area contributed by atoms with Crippen molar-refractivity contribution in [1.82, 2.24) is 10.4 Å². The van der Waals surface area contributed by atoms with Crippen LogP contribution in [0, 0.1) is 0 Å². The monoisotopic (exact) mass is 414 g/mol. The molecule has 30 heavy (non-hydrogen) atoms. The summed E-state index contributed by atoms with van der Waals surface area (Å²) in [7, 11) is 0. The van der Waals surface area contributed by atoms with Crippen LogP contribution in [0.1, 0.15) is 15.9 Å². The van der Waals surface area contributed by atoms with Crippen LogP contribution >= 0.6 is 11.3 Å². The zero-order chi connectivity index (χ0) is 20.8. The number of hydrazone groups is 1. The molecule has 0 spiro atoms. The summed E-state index contributed by atoms with van der Waals surface area (Å²) in [5.41, 5.74) is 6.41. The van der Waals surface area contributed by atoms with Crippen molar-refractivity contribution in [1.29, 1.82) is 0 Å². The second-order valence-electron chi connectivity index (χ2n) is 6.40. The molecule has 148 valence electrons. The minimum Gasteiger partial charge on any atom is -0.508 e. The zero-order valence-electron chi connectivity index (χ0n) is 15.8. The molecule has 4 rings (SSSR count). The molecule has 0 aliphatic heterocycles. The molecular weight excluding hydrogens is 396 g/mol. The first-order chi connectivity index (χ1) is 14.7. The zero-order valence-corrected chi connectivity index (χ0v) is 16.6. The molecule has 4 aromatic rings. The van der Waals surface area contributed by atoms with Gasteiger partial charge in [-0.3, -0.25) is 4.79 Å². The van der Waals surface area contributed by atoms with Gasteiger partial charge in [0.25, 0.3) is 5.91 Å². The van der Waals surface area contributed by atoms with E-state index in [-0.39, 0.29) is 11.7 Å². The van der Waals surface area contributed by atoms with Gasteiger partial charge in [0.2, 0.25) is 0 Å². The van der Waals surface area contributed by atoms with Crippen molar-refractivity contribution in [3.8, 4) is 17.0 Å². The normalized spacial score (nSPS) is 10.8. The van der Waals surface area contributed by atoms with Gasteiger partial charge in [0, 0.05) is 22.2 Å². The molecule has 0 unspecified atom stereocenters. The lowest BCUT2D eigenvalue weighted by Crippen LogP contribution is -2.17. The number of thiazole rings is 1. The van der Waals surface area contributed by atoms with Crippen LogP contribution in [0.4, 0.5) is 10.8 Å². The molecular formula is C23H18N4O2S. The van der Waals surface area contributed by atoms with Gasteiger partial charge in [-0.05, 0) is 42.0 Å². The Kier molecular flexibility index (Phi) is 5.82. The number of aromatic nitrogens is 1. The molecule has 1 aromatic heterocycles. The minimum atomic E-state index is -0.317. The first-order valence-corrected chi connectivity index (χ1v) is 10.1. The lowest BCUT2D eigenvalue weighted by Gasteiger charge is -2.02. The number of hydrogen-bond donors (Lipinski definition) is 3. The number of para-hydroxylation sites is 1. The number of nitrogens with one attached hydrogen (secondary N) is 2. The fraction of sp³-hybridized carbons (Fsp3) is 0. The fourth-order valence-electron chi connectivity index (χ4n) is 2.74. The standard InChI is InChI=1S/C23H18N4O2S/c28-20-8-4-5-16(13-20)14-24-27-22(29)18-11-9-17(10-12-18)21-15-30-23(26-21)25-19-6-2-1-3-7-19/h1-15,28H,(H,25,26)(H,27,29)/b24-14-. The van der Waals surface area contributed by atoms with E-state index >= 15 is 0 Å². The van der Waals surface area contributed by atoms with Gasteiger partial charge in [0.05, 0.1) is 11.9 Å². The number of rotatable bonds is 6. The number of carbonyl (C=O) groups excluding carboxylic acids is 1. The third-order valence-electron chi connectivity index (χ3n) is 4.22. The van der Waals surface area contributed by atoms with Crippen LogP contribution in [0.2, 0.25) is 0 Å². The Balaban J connectivity index is 1.38. The van der Waals surface area contributed by atoms with E-state index in [1.54, 1.807) is 36.4 Å². The maximum Gasteiger partial charge on any atom is 0.271 e. The van der Waals surface area contributed by atoms with E-state index < -0.39 is 0 Å². The van der Waals surface area contributed by atoms with Gasteiger partial charge < -0.3 is 10.4 Å². The molecule has 0 atom stereocenters. The highest BCUT2D eigenvalue weighted by Gasteiger charge is 2.08. The van der Waals surface area contributed by atoms with Gasteiger partial charge in [-0.15, -0.1) is 11.3 Å². The minimum absolute atomic E-state index is 0.144. The van der Waals surface area contributed by atoms with Crippen molar-refractivity contribution >= 4 is 34.3 Å². The molecule has 0 saturated heterocycles. The van der Waals surface area contributed by atoms with Crippen LogP contribution in [0.15, 0.2) is 89.3 Å². The number of phenols is 1. The Labute approximate surface area is 177 Å². The Hall–Kier alpha value is -3.97. The molecule has 1 amide bonds. The summed E-state index contributed by atoms with van der Waals surface area (Å²) >= 11 is 1.52. The van der Waals surface area contributed by atoms with E-state index in [4.69, 9.17) is 0 Å². The van der Waals surface area contributed by atoms with Crippen molar-refractivity contribution in [3.63, 3.8) is 0 Å². The Bertz CT molecular complexity index is 1170. The van der Waals surface area contributed by atoms with Gasteiger partial charge in [0.1, 0.15) is 5.75 Å². The van der Waals surface area contributed by atoms with E-state index in [1.807, 2.05) is 47.8 Å². The third kappa shape index (κ3) is 4.89. The average Bonchev–Trinajstić information content (AvgIpc) is 3.23. The maximum atomic E-state index is 12.3. The van der Waals surface area contributed by atoms with Crippen LogP contribution in [0.25, 0.3) is 11.3 Å². The molecule has 6 nitrogen and oxygen atoms in total. The molecule has 7 heteroatoms. The van der Waals surface area contributed by atoms with Crippen molar-refractivity contribution < 1.29 is 9.90 Å². The largest absolute Gasteiger partial charge is 0.508 e. The number of amides is 1. The van der Waals surface area contributed by atoms with Crippen LogP contribution in [0.3, 0.4) is 0 Å². The predicted molar refractivity (Wildman–Crippen MR) is 120 cm³/mol. The smallest absolute Gasteiger partial charge is 0.271 e. The van der Waals surface area contributed by atoms with E-state index in [1.165, 1.54) is 17.6 Å². The van der Waals surface area contributed by atoms with Gasteiger partial charge in [-0.25, -0.2) is 10.4 Å². The highest BCUT2D eigenvalue weighted by atomic mass is 32.1. The number of phenolic OH excluding ortho intramolecular Hbond substituents is 1. The predicted octanol–water partition coefficient (Wildman–Crippen LogP) is 5.02. The van der Waals surface area contributed by atoms with E-state index in [2.05, 4.69) is 20.8 Å². The summed E-state index contributed by atoms with van der Waals surface area (Å²) in [6.45, 7) is 0. The van der Waals surface area contributed by atoms with Crippen LogP contribution < -0.4 is 10.7 Å². The lowest BCUT2D eigenvalue weighted by atomic mass is 10.1. The van der Waals surface area contributed by atoms with Crippen molar-refractivity contribution in [2.45, 2.75) is 0 Å². The quantitative estimate of drug-likeness (QED) is 0.305. The van der Waals surface area contributed by atoms with Crippen molar-refractivity contribution in [3.05, 3.63) is 95.4 Å². The SMILES string of the molecule is O=C(N/N=C\c1cccc(O)c1)c1ccc(-c2csc(Nc3ccccc3)n2)cc1. The second kappa shape index (κ2) is 9.02. The lowest BCUT2D eigenvalue weighted by molar-refractivity contribution is 0.0955. The Morgan fingerprint density at radius 1 is 1.00 bits per heavy atom. The summed E-state index contributed by atoms with van der Waals surface area (Å²) in [5, 5.41) is 19.4. The van der Waals surface area contributed by atoms with Crippen LogP contribution in [0.5, 0.6) is 5.75 Å². The van der Waals surface area contributed by atoms with Gasteiger partial charge in [-0.2, -0.15) is 5.10 Å². The molecule has 1 heterocycles. The number of nitrogens with zero attached hydrogens (tertiary/aromatic N) is 2. The fourth-order valence-corrected chi connectivity index (χ4v) is 3.48. The summed E-state index contributed by atoms with van der Waals surface area (Å²) in [5.74, 6) is -0.173. The molecule has 0 aliphatic carbocycles. The summed E-state index contributed by atoms with van der Waals surface area (Å²) in [6, 6.07) is 23.7. The Morgan fingerprint density at radius 3 is 2.57 bits per heavy atom. The maximum absolute atomic E-state index is 12.3. The van der Waals surface area contributed by atoms with Gasteiger partial charge >= 0.3 is 0 Å². The number of anilines is 2. The number of benzene rings is 3. The van der Waals surface area contributed by atoms with Gasteiger partial charge in [-0.1, -0.05) is 42.5 Å². The summed E-state index contributed by atoms with van der Waals surface area (Å²) in [4.78, 5) is 16.9. The molecule has 0 saturated carbocycles. The summed E-state index contributed by atoms with van der Waals surface area (Å²) < 4.78 is 0. The molecule has 0 bridgehead atoms. The highest BCUT2D eigenvalue weighted by molar-refractivity contribution is 7.14. The van der Waals surface area contributed by atoms with Crippen LogP contribution in [-0.2, 0) is 0 Å². The molecule has 3 N–H and O–H groups in total. The highest BCUT2D eigenvalue weighted by Crippen LogP contribution is 2.27. The van der Waals surface area contributed by atoms with Crippen LogP contribution in [-0.4, -0.2) is 22.2 Å². The van der Waals surface area contributed by atoms with E-state index in [0.29, 0.717) is 11.1 Å². The summed E-state index contributed by atoms with van der Waals surface area (Å²) in [6.07, 6.45) is 1.47. The molecule has 0 radical (unpaired) electrons. The first kappa shape index (κ1) is 19.4. The number of aromatic hydroxyl groups is 1. The molecule has 3 aromatic carbocycles. The third-order valence-corrected chi connectivity index (χ3v) is 4.98.